The molecule has 4 rings (SSSR count). The topological polar surface area (TPSA) is 34.1 Å². The molecule has 0 aromatic carbocycles. The van der Waals surface area contributed by atoms with Crippen LogP contribution in [0, 0.1) is 29.1 Å². The zero-order chi connectivity index (χ0) is 11.5. The highest BCUT2D eigenvalue weighted by atomic mass is 16.1. The summed E-state index contributed by atoms with van der Waals surface area (Å²) in [7, 11) is 0. The molecule has 4 aliphatic rings. The quantitative estimate of drug-likeness (QED) is 0.629. The molecule has 0 unspecified atom stereocenters. The fourth-order valence-electron chi connectivity index (χ4n) is 4.68. The summed E-state index contributed by atoms with van der Waals surface area (Å²) in [4.78, 5) is 24.2. The molecule has 2 nitrogen and oxygen atoms in total. The van der Waals surface area contributed by atoms with Crippen LogP contribution in [0.2, 0.25) is 0 Å². The predicted molar refractivity (Wildman–Crippen MR) is 60.8 cm³/mol. The second-order valence-electron chi connectivity index (χ2n) is 6.60. The van der Waals surface area contributed by atoms with E-state index < -0.39 is 0 Å². The Morgan fingerprint density at radius 2 is 2.00 bits per heavy atom. The Balaban J connectivity index is 2.00. The average molecular weight is 220 g/mol. The van der Waals surface area contributed by atoms with Crippen LogP contribution in [0.3, 0.4) is 0 Å². The van der Waals surface area contributed by atoms with E-state index in [1.165, 1.54) is 0 Å². The van der Waals surface area contributed by atoms with Gasteiger partial charge in [0.15, 0.2) is 0 Å². The van der Waals surface area contributed by atoms with Crippen LogP contribution >= 0.6 is 0 Å². The third kappa shape index (κ3) is 1.25. The van der Waals surface area contributed by atoms with Crippen molar-refractivity contribution in [3.8, 4) is 0 Å². The summed E-state index contributed by atoms with van der Waals surface area (Å²) in [5.41, 5.74) is 0.00766. The Hall–Kier alpha value is -0.660. The van der Waals surface area contributed by atoms with Gasteiger partial charge >= 0.3 is 0 Å². The van der Waals surface area contributed by atoms with Crippen LogP contribution in [0.1, 0.15) is 46.0 Å². The Bertz CT molecular complexity index is 360. The van der Waals surface area contributed by atoms with Gasteiger partial charge in [0.25, 0.3) is 0 Å². The zero-order valence-corrected chi connectivity index (χ0v) is 10.2. The van der Waals surface area contributed by atoms with Crippen LogP contribution < -0.4 is 0 Å². The lowest BCUT2D eigenvalue weighted by molar-refractivity contribution is -0.158. The maximum absolute atomic E-state index is 12.2. The maximum atomic E-state index is 12.2. The van der Waals surface area contributed by atoms with E-state index in [0.29, 0.717) is 29.8 Å². The first-order valence-corrected chi connectivity index (χ1v) is 6.57. The van der Waals surface area contributed by atoms with Crippen molar-refractivity contribution in [3.63, 3.8) is 0 Å². The van der Waals surface area contributed by atoms with Gasteiger partial charge in [0.05, 0.1) is 0 Å². The summed E-state index contributed by atoms with van der Waals surface area (Å²) in [5, 5.41) is 0. The standard InChI is InChI=1S/C14H20O2/c1-8-5-10-9-3-4-14(2,7-12(9)16)13(10)11(15)6-8/h8-10,13H,3-7H2,1-2H3/t8-,9+,10-,13+,14-/m1/s1. The van der Waals surface area contributed by atoms with Crippen LogP contribution in [0.15, 0.2) is 0 Å². The van der Waals surface area contributed by atoms with E-state index >= 15 is 0 Å². The molecule has 2 bridgehead atoms. The Morgan fingerprint density at radius 1 is 1.25 bits per heavy atom. The van der Waals surface area contributed by atoms with Gasteiger partial charge in [-0.2, -0.15) is 0 Å². The van der Waals surface area contributed by atoms with Crippen LogP contribution in [0.25, 0.3) is 0 Å². The lowest BCUT2D eigenvalue weighted by Gasteiger charge is -2.56. The zero-order valence-electron chi connectivity index (χ0n) is 10.2. The second kappa shape index (κ2) is 3.18. The predicted octanol–water partition coefficient (Wildman–Crippen LogP) is 2.61. The highest BCUT2D eigenvalue weighted by Crippen LogP contribution is 2.58. The van der Waals surface area contributed by atoms with Crippen molar-refractivity contribution in [2.24, 2.45) is 29.1 Å². The van der Waals surface area contributed by atoms with Gasteiger partial charge in [-0.25, -0.2) is 0 Å². The molecule has 4 fully saturated rings. The van der Waals surface area contributed by atoms with Crippen molar-refractivity contribution >= 4 is 11.6 Å². The van der Waals surface area contributed by atoms with E-state index in [-0.39, 0.29) is 17.3 Å². The number of carbonyl (C=O) groups excluding carboxylic acids is 2. The van der Waals surface area contributed by atoms with Crippen molar-refractivity contribution in [1.29, 1.82) is 0 Å². The van der Waals surface area contributed by atoms with Crippen molar-refractivity contribution in [2.75, 3.05) is 0 Å². The van der Waals surface area contributed by atoms with Crippen molar-refractivity contribution in [1.82, 2.24) is 0 Å². The first-order valence-electron chi connectivity index (χ1n) is 6.57. The first kappa shape index (κ1) is 10.5. The number of hydrogen-bond donors (Lipinski definition) is 0. The molecular weight excluding hydrogens is 200 g/mol. The van der Waals surface area contributed by atoms with E-state index in [9.17, 15) is 9.59 Å². The molecule has 5 atom stereocenters. The maximum Gasteiger partial charge on any atom is 0.137 e. The van der Waals surface area contributed by atoms with E-state index in [1.54, 1.807) is 0 Å². The lowest BCUT2D eigenvalue weighted by Crippen LogP contribution is -2.56. The van der Waals surface area contributed by atoms with Gasteiger partial charge in [-0.3, -0.25) is 9.59 Å². The van der Waals surface area contributed by atoms with Gasteiger partial charge in [-0.05, 0) is 36.5 Å². The Labute approximate surface area is 96.8 Å². The molecule has 0 aliphatic heterocycles. The molecule has 16 heavy (non-hydrogen) atoms. The van der Waals surface area contributed by atoms with Crippen LogP contribution in [0.5, 0.6) is 0 Å². The fraction of sp³-hybridized carbons (Fsp3) is 0.857. The molecule has 88 valence electrons. The third-order valence-corrected chi connectivity index (χ3v) is 5.28. The van der Waals surface area contributed by atoms with E-state index in [1.807, 2.05) is 0 Å². The van der Waals surface area contributed by atoms with E-state index in [0.717, 1.165) is 25.7 Å². The van der Waals surface area contributed by atoms with Gasteiger partial charge in [0, 0.05) is 24.7 Å². The molecule has 0 radical (unpaired) electrons. The molecule has 2 heteroatoms. The number of carbonyl (C=O) groups is 2. The third-order valence-electron chi connectivity index (χ3n) is 5.28. The fourth-order valence-corrected chi connectivity index (χ4v) is 4.68. The van der Waals surface area contributed by atoms with Crippen LogP contribution in [-0.4, -0.2) is 11.6 Å². The van der Waals surface area contributed by atoms with Crippen LogP contribution in [-0.2, 0) is 9.59 Å². The molecule has 0 aromatic heterocycles. The van der Waals surface area contributed by atoms with Gasteiger partial charge in [-0.15, -0.1) is 0 Å². The lowest BCUT2D eigenvalue weighted by atomic mass is 9.46. The molecule has 0 spiro atoms. The number of hydrogen-bond acceptors (Lipinski definition) is 2. The number of Topliss-reactive ketones (excluding diaryl/α,β-unsaturated/α-hetero) is 2. The van der Waals surface area contributed by atoms with Gasteiger partial charge in [-0.1, -0.05) is 13.8 Å². The summed E-state index contributed by atoms with van der Waals surface area (Å²) < 4.78 is 0. The summed E-state index contributed by atoms with van der Waals surface area (Å²) in [5.74, 6) is 2.19. The summed E-state index contributed by atoms with van der Waals surface area (Å²) in [6.07, 6.45) is 4.64. The van der Waals surface area contributed by atoms with Gasteiger partial charge in [0.2, 0.25) is 0 Å². The molecule has 0 saturated heterocycles. The van der Waals surface area contributed by atoms with E-state index in [2.05, 4.69) is 13.8 Å². The SMILES string of the molecule is C[C@H]1CC(=O)[C@@H]2[C@H](C1)[C@@H]1CC[C@]2(C)CC1=O. The van der Waals surface area contributed by atoms with Crippen molar-refractivity contribution < 1.29 is 9.59 Å². The minimum Gasteiger partial charge on any atom is -0.299 e. The summed E-state index contributed by atoms with van der Waals surface area (Å²) in [6, 6.07) is 0. The minimum absolute atomic E-state index is 0.00766. The van der Waals surface area contributed by atoms with Gasteiger partial charge < -0.3 is 0 Å². The summed E-state index contributed by atoms with van der Waals surface area (Å²) >= 11 is 0. The number of fused-ring (bicyclic) bond motifs is 2. The molecular formula is C14H20O2. The monoisotopic (exact) mass is 220 g/mol. The second-order valence-corrected chi connectivity index (χ2v) is 6.60. The highest BCUT2D eigenvalue weighted by molar-refractivity contribution is 5.90. The molecule has 0 aromatic rings. The minimum atomic E-state index is 0.00766. The molecule has 4 saturated carbocycles. The van der Waals surface area contributed by atoms with E-state index in [4.69, 9.17) is 0 Å². The normalized spacial score (nSPS) is 51.6. The molecule has 0 N–H and O–H groups in total. The molecule has 4 aliphatic carbocycles. The van der Waals surface area contributed by atoms with Crippen molar-refractivity contribution in [3.05, 3.63) is 0 Å². The summed E-state index contributed by atoms with van der Waals surface area (Å²) in [6.45, 7) is 4.33. The molecule has 0 amide bonds. The number of rotatable bonds is 0. The Morgan fingerprint density at radius 3 is 2.69 bits per heavy atom. The first-order chi connectivity index (χ1) is 7.51. The van der Waals surface area contributed by atoms with Gasteiger partial charge in [0.1, 0.15) is 11.6 Å². The van der Waals surface area contributed by atoms with Crippen molar-refractivity contribution in [2.45, 2.75) is 46.0 Å². The molecule has 0 heterocycles. The highest BCUT2D eigenvalue weighted by Gasteiger charge is 2.58. The smallest absolute Gasteiger partial charge is 0.137 e. The largest absolute Gasteiger partial charge is 0.299 e. The average Bonchev–Trinajstić information content (AvgIpc) is 2.14. The Kier molecular flexibility index (Phi) is 2.08. The number of ketones is 2. The van der Waals surface area contributed by atoms with Crippen LogP contribution in [0.4, 0.5) is 0 Å².